The van der Waals surface area contributed by atoms with Gasteiger partial charge < -0.3 is 15.0 Å². The van der Waals surface area contributed by atoms with Crippen LogP contribution < -0.4 is 10.0 Å². The average Bonchev–Trinajstić information content (AvgIpc) is 2.97. The number of carboxylic acids is 1. The van der Waals surface area contributed by atoms with Crippen molar-refractivity contribution in [3.8, 4) is 0 Å². The normalized spacial score (nSPS) is 11.3. The molecule has 0 aliphatic heterocycles. The molecule has 1 aromatic heterocycles. The number of benzene rings is 2. The summed E-state index contributed by atoms with van der Waals surface area (Å²) in [6.07, 6.45) is 0. The van der Waals surface area contributed by atoms with E-state index in [2.05, 4.69) is 10.0 Å². The van der Waals surface area contributed by atoms with Gasteiger partial charge in [-0.3, -0.25) is 14.3 Å². The topological polar surface area (TPSA) is 118 Å². The number of para-hydroxylation sites is 1. The molecule has 1 heterocycles. The van der Waals surface area contributed by atoms with Gasteiger partial charge in [-0.05, 0) is 24.3 Å². The highest BCUT2D eigenvalue weighted by atomic mass is 32.2. The Bertz CT molecular complexity index is 1090. The van der Waals surface area contributed by atoms with Crippen LogP contribution in [0.1, 0.15) is 0 Å². The Kier molecular flexibility index (Phi) is 5.13. The van der Waals surface area contributed by atoms with Gasteiger partial charge in [0.25, 0.3) is 10.0 Å². The number of carbonyl (C=O) groups is 2. The molecule has 3 aromatic rings. The zero-order valence-corrected chi connectivity index (χ0v) is 14.9. The molecule has 8 nitrogen and oxygen atoms in total. The molecule has 1 amide bonds. The molecule has 27 heavy (non-hydrogen) atoms. The molecule has 3 N–H and O–H groups in total. The van der Waals surface area contributed by atoms with Crippen LogP contribution in [0, 0.1) is 0 Å². The summed E-state index contributed by atoms with van der Waals surface area (Å²) in [7, 11) is -3.84. The van der Waals surface area contributed by atoms with Gasteiger partial charge in [-0.25, -0.2) is 8.42 Å². The van der Waals surface area contributed by atoms with Crippen LogP contribution in [-0.2, 0) is 26.2 Å². The third-order valence-electron chi connectivity index (χ3n) is 3.84. The van der Waals surface area contributed by atoms with E-state index in [0.717, 1.165) is 5.39 Å². The number of carbonyl (C=O) groups excluding carboxylic acids is 1. The predicted octanol–water partition coefficient (Wildman–Crippen LogP) is 1.64. The quantitative estimate of drug-likeness (QED) is 0.570. The van der Waals surface area contributed by atoms with Crippen LogP contribution in [0.4, 0.5) is 5.82 Å². The van der Waals surface area contributed by atoms with Crippen molar-refractivity contribution in [2.75, 3.05) is 11.3 Å². The molecule has 3 rings (SSSR count). The van der Waals surface area contributed by atoms with Crippen LogP contribution in [0.3, 0.4) is 0 Å². The molecule has 0 fully saturated rings. The highest BCUT2D eigenvalue weighted by Gasteiger charge is 2.19. The lowest BCUT2D eigenvalue weighted by atomic mass is 10.2. The average molecular weight is 387 g/mol. The highest BCUT2D eigenvalue weighted by molar-refractivity contribution is 7.92. The van der Waals surface area contributed by atoms with E-state index in [1.807, 2.05) is 0 Å². The van der Waals surface area contributed by atoms with Gasteiger partial charge in [-0.15, -0.1) is 0 Å². The molecule has 2 aromatic carbocycles. The van der Waals surface area contributed by atoms with Crippen LogP contribution >= 0.6 is 0 Å². The fraction of sp³-hybridized carbons (Fsp3) is 0.111. The summed E-state index contributed by atoms with van der Waals surface area (Å²) in [6.45, 7) is -0.740. The van der Waals surface area contributed by atoms with Gasteiger partial charge in [-0.1, -0.05) is 36.4 Å². The Labute approximate surface area is 155 Å². The molecule has 9 heteroatoms. The Morgan fingerprint density at radius 3 is 2.37 bits per heavy atom. The number of fused-ring (bicyclic) bond motifs is 1. The lowest BCUT2D eigenvalue weighted by Crippen LogP contribution is -2.32. The van der Waals surface area contributed by atoms with E-state index in [1.165, 1.54) is 16.7 Å². The SMILES string of the molecule is O=C(O)CNC(=O)Cn1c(NS(=O)(=O)c2ccccc2)cc2ccccc21. The number of sulfonamides is 1. The number of amides is 1. The molecule has 0 spiro atoms. The maximum atomic E-state index is 12.6. The van der Waals surface area contributed by atoms with E-state index < -0.39 is 28.4 Å². The minimum Gasteiger partial charge on any atom is -0.480 e. The first kappa shape index (κ1) is 18.5. The zero-order valence-electron chi connectivity index (χ0n) is 14.1. The molecule has 0 saturated carbocycles. The molecule has 0 bridgehead atoms. The van der Waals surface area contributed by atoms with E-state index in [9.17, 15) is 18.0 Å². The number of nitrogens with zero attached hydrogens (tertiary/aromatic N) is 1. The molecular weight excluding hydrogens is 370 g/mol. The first-order chi connectivity index (χ1) is 12.9. The van der Waals surface area contributed by atoms with Gasteiger partial charge in [0.1, 0.15) is 18.9 Å². The van der Waals surface area contributed by atoms with Gasteiger partial charge in [0.2, 0.25) is 5.91 Å². The monoisotopic (exact) mass is 387 g/mol. The Hall–Kier alpha value is -3.33. The van der Waals surface area contributed by atoms with E-state index in [4.69, 9.17) is 5.11 Å². The van der Waals surface area contributed by atoms with E-state index in [1.54, 1.807) is 48.5 Å². The van der Waals surface area contributed by atoms with Gasteiger partial charge in [0, 0.05) is 5.39 Å². The second kappa shape index (κ2) is 7.50. The molecular formula is C18H17N3O5S. The summed E-state index contributed by atoms with van der Waals surface area (Å²) in [5.74, 6) is -1.49. The lowest BCUT2D eigenvalue weighted by molar-refractivity contribution is -0.138. The first-order valence-corrected chi connectivity index (χ1v) is 9.50. The number of hydrogen-bond donors (Lipinski definition) is 3. The zero-order chi connectivity index (χ0) is 19.4. The number of aromatic nitrogens is 1. The largest absolute Gasteiger partial charge is 0.480 e. The van der Waals surface area contributed by atoms with Crippen molar-refractivity contribution in [2.45, 2.75) is 11.4 Å². The van der Waals surface area contributed by atoms with Crippen LogP contribution in [0.2, 0.25) is 0 Å². The summed E-state index contributed by atoms with van der Waals surface area (Å²) >= 11 is 0. The lowest BCUT2D eigenvalue weighted by Gasteiger charge is -2.13. The molecule has 140 valence electrons. The number of carboxylic acid groups (broad SMARTS) is 1. The predicted molar refractivity (Wildman–Crippen MR) is 99.8 cm³/mol. The Morgan fingerprint density at radius 1 is 1.00 bits per heavy atom. The van der Waals surface area contributed by atoms with Crippen molar-refractivity contribution in [3.05, 3.63) is 60.7 Å². The number of nitrogens with one attached hydrogen (secondary N) is 2. The van der Waals surface area contributed by atoms with E-state index in [-0.39, 0.29) is 17.3 Å². The summed E-state index contributed by atoms with van der Waals surface area (Å²) in [5, 5.41) is 11.7. The fourth-order valence-corrected chi connectivity index (χ4v) is 3.71. The fourth-order valence-electron chi connectivity index (χ4n) is 2.64. The second-order valence-corrected chi connectivity index (χ2v) is 7.45. The van der Waals surface area contributed by atoms with Crippen molar-refractivity contribution in [1.29, 1.82) is 0 Å². The minimum absolute atomic E-state index is 0.0946. The third kappa shape index (κ3) is 4.26. The standard InChI is InChI=1S/C18H17N3O5S/c22-17(19-11-18(23)24)12-21-15-9-5-4-6-13(15)10-16(21)20-27(25,26)14-7-2-1-3-8-14/h1-10,20H,11-12H2,(H,19,22)(H,23,24). The molecule has 0 atom stereocenters. The number of aliphatic carboxylic acids is 1. The minimum atomic E-state index is -3.84. The number of anilines is 1. The van der Waals surface area contributed by atoms with Gasteiger partial charge in [0.15, 0.2) is 0 Å². The van der Waals surface area contributed by atoms with Crippen LogP contribution in [0.15, 0.2) is 65.6 Å². The van der Waals surface area contributed by atoms with Gasteiger partial charge in [0.05, 0.1) is 10.4 Å². The van der Waals surface area contributed by atoms with Crippen LogP contribution in [0.25, 0.3) is 10.9 Å². The summed E-state index contributed by atoms with van der Waals surface area (Å²) in [6, 6.07) is 16.6. The molecule has 0 saturated heterocycles. The maximum absolute atomic E-state index is 12.6. The van der Waals surface area contributed by atoms with Gasteiger partial charge in [-0.2, -0.15) is 0 Å². The van der Waals surface area contributed by atoms with Crippen LogP contribution in [-0.4, -0.2) is 36.5 Å². The maximum Gasteiger partial charge on any atom is 0.322 e. The van der Waals surface area contributed by atoms with Crippen molar-refractivity contribution in [2.24, 2.45) is 0 Å². The number of hydrogen-bond acceptors (Lipinski definition) is 4. The van der Waals surface area contributed by atoms with Crippen molar-refractivity contribution in [3.63, 3.8) is 0 Å². The summed E-state index contributed by atoms with van der Waals surface area (Å²) in [5.41, 5.74) is 0.647. The van der Waals surface area contributed by atoms with Crippen molar-refractivity contribution in [1.82, 2.24) is 9.88 Å². The molecule has 0 aliphatic carbocycles. The van der Waals surface area contributed by atoms with Crippen molar-refractivity contribution < 1.29 is 23.1 Å². The van der Waals surface area contributed by atoms with Crippen LogP contribution in [0.5, 0.6) is 0 Å². The summed E-state index contributed by atoms with van der Waals surface area (Å²) in [4.78, 5) is 22.8. The van der Waals surface area contributed by atoms with E-state index >= 15 is 0 Å². The highest BCUT2D eigenvalue weighted by Crippen LogP contribution is 2.25. The summed E-state index contributed by atoms with van der Waals surface area (Å²) < 4.78 is 29.3. The Morgan fingerprint density at radius 2 is 1.67 bits per heavy atom. The van der Waals surface area contributed by atoms with Gasteiger partial charge >= 0.3 is 5.97 Å². The molecule has 0 unspecified atom stereocenters. The van der Waals surface area contributed by atoms with Crippen molar-refractivity contribution >= 4 is 38.6 Å². The van der Waals surface area contributed by atoms with E-state index in [0.29, 0.717) is 5.52 Å². The second-order valence-electron chi connectivity index (χ2n) is 5.76. The first-order valence-electron chi connectivity index (χ1n) is 8.01. The Balaban J connectivity index is 1.95. The smallest absolute Gasteiger partial charge is 0.322 e. The third-order valence-corrected chi connectivity index (χ3v) is 5.21. The molecule has 0 aliphatic rings. The number of rotatable bonds is 7. The molecule has 0 radical (unpaired) electrons.